The predicted molar refractivity (Wildman–Crippen MR) is 68.9 cm³/mol. The SMILES string of the molecule is Cc1cc(C(O)Cc2ccc(F)cc2)sc1C. The van der Waals surface area contributed by atoms with Crippen molar-refractivity contribution in [2.24, 2.45) is 0 Å². The monoisotopic (exact) mass is 250 g/mol. The van der Waals surface area contributed by atoms with Crippen LogP contribution in [0.3, 0.4) is 0 Å². The van der Waals surface area contributed by atoms with Crippen LogP contribution in [0.4, 0.5) is 4.39 Å². The van der Waals surface area contributed by atoms with E-state index in [1.165, 1.54) is 22.6 Å². The van der Waals surface area contributed by atoms with Crippen LogP contribution >= 0.6 is 11.3 Å². The first-order valence-electron chi connectivity index (χ1n) is 5.55. The van der Waals surface area contributed by atoms with Gasteiger partial charge in [0.1, 0.15) is 5.82 Å². The molecule has 1 N–H and O–H groups in total. The standard InChI is InChI=1S/C14H15FOS/c1-9-7-14(17-10(9)2)13(16)8-11-3-5-12(15)6-4-11/h3-7,13,16H,8H2,1-2H3. The molecule has 3 heteroatoms. The molecule has 0 bridgehead atoms. The highest BCUT2D eigenvalue weighted by Gasteiger charge is 2.12. The maximum Gasteiger partial charge on any atom is 0.123 e. The van der Waals surface area contributed by atoms with E-state index < -0.39 is 6.10 Å². The number of hydrogen-bond donors (Lipinski definition) is 1. The Morgan fingerprint density at radius 1 is 1.24 bits per heavy atom. The Balaban J connectivity index is 2.11. The van der Waals surface area contributed by atoms with Crippen molar-refractivity contribution >= 4 is 11.3 Å². The zero-order chi connectivity index (χ0) is 12.4. The molecule has 0 spiro atoms. The van der Waals surface area contributed by atoms with E-state index in [2.05, 4.69) is 0 Å². The summed E-state index contributed by atoms with van der Waals surface area (Å²) in [5, 5.41) is 10.1. The Morgan fingerprint density at radius 2 is 1.88 bits per heavy atom. The van der Waals surface area contributed by atoms with Crippen LogP contribution in [0.2, 0.25) is 0 Å². The third-order valence-corrected chi connectivity index (χ3v) is 4.11. The zero-order valence-electron chi connectivity index (χ0n) is 9.90. The average Bonchev–Trinajstić information content (AvgIpc) is 2.63. The summed E-state index contributed by atoms with van der Waals surface area (Å²) in [6.45, 7) is 4.09. The van der Waals surface area contributed by atoms with Crippen molar-refractivity contribution in [2.45, 2.75) is 26.4 Å². The van der Waals surface area contributed by atoms with Crippen LogP contribution in [-0.4, -0.2) is 5.11 Å². The smallest absolute Gasteiger partial charge is 0.123 e. The topological polar surface area (TPSA) is 20.2 Å². The van der Waals surface area contributed by atoms with Gasteiger partial charge in [0.05, 0.1) is 6.10 Å². The van der Waals surface area contributed by atoms with E-state index in [-0.39, 0.29) is 5.82 Å². The molecule has 2 rings (SSSR count). The second kappa shape index (κ2) is 4.98. The van der Waals surface area contributed by atoms with Gasteiger partial charge in [-0.1, -0.05) is 12.1 Å². The highest BCUT2D eigenvalue weighted by Crippen LogP contribution is 2.28. The molecule has 1 unspecified atom stereocenters. The average molecular weight is 250 g/mol. The number of benzene rings is 1. The summed E-state index contributed by atoms with van der Waals surface area (Å²) < 4.78 is 12.7. The summed E-state index contributed by atoms with van der Waals surface area (Å²) in [5.74, 6) is -0.244. The van der Waals surface area contributed by atoms with E-state index >= 15 is 0 Å². The lowest BCUT2D eigenvalue weighted by Gasteiger charge is -2.08. The molecule has 1 heterocycles. The fourth-order valence-electron chi connectivity index (χ4n) is 1.71. The van der Waals surface area contributed by atoms with Crippen LogP contribution in [0, 0.1) is 19.7 Å². The molecular formula is C14H15FOS. The van der Waals surface area contributed by atoms with Crippen molar-refractivity contribution in [3.63, 3.8) is 0 Å². The van der Waals surface area contributed by atoms with Crippen molar-refractivity contribution in [2.75, 3.05) is 0 Å². The van der Waals surface area contributed by atoms with Crippen molar-refractivity contribution in [1.29, 1.82) is 0 Å². The number of aryl methyl sites for hydroxylation is 2. The molecule has 0 radical (unpaired) electrons. The van der Waals surface area contributed by atoms with Gasteiger partial charge in [-0.25, -0.2) is 4.39 Å². The van der Waals surface area contributed by atoms with Gasteiger partial charge in [0, 0.05) is 16.2 Å². The molecule has 0 amide bonds. The Labute approximate surface area is 105 Å². The summed E-state index contributed by atoms with van der Waals surface area (Å²) >= 11 is 1.62. The summed E-state index contributed by atoms with van der Waals surface area (Å²) in [6, 6.07) is 8.30. The molecule has 1 atom stereocenters. The van der Waals surface area contributed by atoms with Gasteiger partial charge in [0.2, 0.25) is 0 Å². The van der Waals surface area contributed by atoms with Crippen molar-refractivity contribution in [3.8, 4) is 0 Å². The summed E-state index contributed by atoms with van der Waals surface area (Å²) in [6.07, 6.45) is 0.0255. The molecule has 1 nitrogen and oxygen atoms in total. The van der Waals surface area contributed by atoms with Gasteiger partial charge < -0.3 is 5.11 Å². The first kappa shape index (κ1) is 12.3. The van der Waals surface area contributed by atoms with Crippen LogP contribution < -0.4 is 0 Å². The third kappa shape index (κ3) is 2.93. The third-order valence-electron chi connectivity index (χ3n) is 2.86. The fraction of sp³-hybridized carbons (Fsp3) is 0.286. The molecule has 1 aromatic carbocycles. The molecule has 0 saturated heterocycles. The van der Waals surface area contributed by atoms with E-state index in [4.69, 9.17) is 0 Å². The molecule has 17 heavy (non-hydrogen) atoms. The van der Waals surface area contributed by atoms with Gasteiger partial charge in [-0.2, -0.15) is 0 Å². The minimum Gasteiger partial charge on any atom is -0.387 e. The molecule has 0 aliphatic heterocycles. The number of rotatable bonds is 3. The number of aliphatic hydroxyl groups excluding tert-OH is 1. The molecule has 1 aromatic heterocycles. The van der Waals surface area contributed by atoms with Crippen molar-refractivity contribution in [3.05, 3.63) is 57.0 Å². The lowest BCUT2D eigenvalue weighted by atomic mass is 10.1. The van der Waals surface area contributed by atoms with Gasteiger partial charge in [0.25, 0.3) is 0 Å². The minimum atomic E-state index is -0.502. The Kier molecular flexibility index (Phi) is 3.60. The normalized spacial score (nSPS) is 12.7. The maximum absolute atomic E-state index is 12.7. The first-order valence-corrected chi connectivity index (χ1v) is 6.37. The largest absolute Gasteiger partial charge is 0.387 e. The van der Waals surface area contributed by atoms with Crippen LogP contribution in [0.15, 0.2) is 30.3 Å². The predicted octanol–water partition coefficient (Wildman–Crippen LogP) is 3.78. The summed E-state index contributed by atoms with van der Waals surface area (Å²) in [4.78, 5) is 2.21. The Hall–Kier alpha value is -1.19. The van der Waals surface area contributed by atoms with E-state index in [9.17, 15) is 9.50 Å². The molecule has 90 valence electrons. The highest BCUT2D eigenvalue weighted by molar-refractivity contribution is 7.12. The second-order valence-corrected chi connectivity index (χ2v) is 5.52. The Morgan fingerprint density at radius 3 is 2.41 bits per heavy atom. The Bertz CT molecular complexity index is 482. The van der Waals surface area contributed by atoms with Gasteiger partial charge in [0.15, 0.2) is 0 Å². The zero-order valence-corrected chi connectivity index (χ0v) is 10.7. The number of aliphatic hydroxyl groups is 1. The van der Waals surface area contributed by atoms with E-state index in [0.29, 0.717) is 6.42 Å². The molecule has 0 fully saturated rings. The van der Waals surface area contributed by atoms with Crippen LogP contribution in [0.5, 0.6) is 0 Å². The number of halogens is 1. The highest BCUT2D eigenvalue weighted by atomic mass is 32.1. The summed E-state index contributed by atoms with van der Waals surface area (Å²) in [5.41, 5.74) is 2.16. The number of hydrogen-bond acceptors (Lipinski definition) is 2. The molecule has 0 saturated carbocycles. The van der Waals surface area contributed by atoms with E-state index in [0.717, 1.165) is 10.4 Å². The number of thiophene rings is 1. The quantitative estimate of drug-likeness (QED) is 0.879. The van der Waals surface area contributed by atoms with E-state index in [1.54, 1.807) is 23.5 Å². The molecule has 0 aliphatic rings. The first-order chi connectivity index (χ1) is 8.06. The minimum absolute atomic E-state index is 0.244. The van der Waals surface area contributed by atoms with Crippen molar-refractivity contribution < 1.29 is 9.50 Å². The lowest BCUT2D eigenvalue weighted by Crippen LogP contribution is -1.99. The second-order valence-electron chi connectivity index (χ2n) is 4.23. The maximum atomic E-state index is 12.7. The molecular weight excluding hydrogens is 235 g/mol. The fourth-order valence-corrected chi connectivity index (χ4v) is 2.74. The molecule has 0 aliphatic carbocycles. The van der Waals surface area contributed by atoms with Crippen LogP contribution in [-0.2, 0) is 6.42 Å². The lowest BCUT2D eigenvalue weighted by molar-refractivity contribution is 0.182. The van der Waals surface area contributed by atoms with Crippen molar-refractivity contribution in [1.82, 2.24) is 0 Å². The van der Waals surface area contributed by atoms with Gasteiger partial charge in [-0.15, -0.1) is 11.3 Å². The van der Waals surface area contributed by atoms with Crippen LogP contribution in [0.1, 0.15) is 27.0 Å². The van der Waals surface area contributed by atoms with Gasteiger partial charge >= 0.3 is 0 Å². The van der Waals surface area contributed by atoms with E-state index in [1.807, 2.05) is 19.9 Å². The molecule has 2 aromatic rings. The van der Waals surface area contributed by atoms with Crippen LogP contribution in [0.25, 0.3) is 0 Å². The van der Waals surface area contributed by atoms with Gasteiger partial charge in [-0.3, -0.25) is 0 Å². The van der Waals surface area contributed by atoms with Gasteiger partial charge in [-0.05, 0) is 43.2 Å². The summed E-state index contributed by atoms with van der Waals surface area (Å²) in [7, 11) is 0.